The minimum Gasteiger partial charge on any atom is -0.201 e. The number of rotatable bonds is 1. The van der Waals surface area contributed by atoms with Crippen molar-refractivity contribution in [2.45, 2.75) is 53.7 Å². The minimum absolute atomic E-state index is 0.192. The van der Waals surface area contributed by atoms with Gasteiger partial charge >= 0.3 is 0 Å². The highest BCUT2D eigenvalue weighted by molar-refractivity contribution is 5.64. The molecule has 0 saturated carbocycles. The van der Waals surface area contributed by atoms with Crippen molar-refractivity contribution in [1.29, 1.82) is 0 Å². The molecule has 0 bridgehead atoms. The lowest BCUT2D eigenvalue weighted by molar-refractivity contribution is -0.661. The molecule has 0 aliphatic rings. The van der Waals surface area contributed by atoms with Crippen molar-refractivity contribution in [1.82, 2.24) is 0 Å². The maximum atomic E-state index is 7.99. The maximum absolute atomic E-state index is 7.99. The number of nitrogens with zero attached hydrogens (tertiary/aromatic N) is 1. The van der Waals surface area contributed by atoms with Gasteiger partial charge in [0.15, 0.2) is 6.20 Å². The van der Waals surface area contributed by atoms with E-state index in [0.717, 1.165) is 0 Å². The summed E-state index contributed by atoms with van der Waals surface area (Å²) in [5.74, 6) is 0. The molecule has 1 nitrogen and oxygen atoms in total. The molecule has 0 radical (unpaired) electrons. The number of hydrogen-bond acceptors (Lipinski definition) is 0. The zero-order valence-electron chi connectivity index (χ0n) is 22.3. The summed E-state index contributed by atoms with van der Waals surface area (Å²) in [6.45, 7) is -0.0647. The Morgan fingerprint density at radius 2 is 1.52 bits per heavy atom. The van der Waals surface area contributed by atoms with Gasteiger partial charge < -0.3 is 0 Å². The van der Waals surface area contributed by atoms with Crippen LogP contribution in [0.5, 0.6) is 0 Å². The van der Waals surface area contributed by atoms with Crippen LogP contribution in [-0.2, 0) is 12.5 Å². The zero-order valence-corrected chi connectivity index (χ0v) is 13.3. The summed E-state index contributed by atoms with van der Waals surface area (Å²) < 4.78 is 72.4. The number of hydrogen-bond donors (Lipinski definition) is 0. The number of benzene rings is 1. The molecule has 0 fully saturated rings. The second-order valence-electron chi connectivity index (χ2n) is 6.56. The summed E-state index contributed by atoms with van der Waals surface area (Å²) in [7, 11) is 1.76. The fourth-order valence-corrected chi connectivity index (χ4v) is 2.50. The first-order valence-corrected chi connectivity index (χ1v) is 6.95. The van der Waals surface area contributed by atoms with Gasteiger partial charge in [0, 0.05) is 29.5 Å². The van der Waals surface area contributed by atoms with E-state index in [1.165, 1.54) is 12.1 Å². The topological polar surface area (TPSA) is 3.88 Å². The van der Waals surface area contributed by atoms with Gasteiger partial charge in [-0.05, 0) is 61.2 Å². The predicted octanol–water partition coefficient (Wildman–Crippen LogP) is 4.71. The molecule has 0 N–H and O–H groups in total. The first kappa shape index (κ1) is 7.58. The molecule has 2 aromatic rings. The van der Waals surface area contributed by atoms with E-state index in [1.54, 1.807) is 30.8 Å². The Labute approximate surface area is 142 Å². The summed E-state index contributed by atoms with van der Waals surface area (Å²) >= 11 is 0. The second kappa shape index (κ2) is 5.29. The highest BCUT2D eigenvalue weighted by atomic mass is 14.9. The molecule has 21 heavy (non-hydrogen) atoms. The molecule has 0 aliphatic heterocycles. The first-order chi connectivity index (χ1) is 13.2. The lowest BCUT2D eigenvalue weighted by atomic mass is 9.84. The molecule has 0 unspecified atom stereocenters. The summed E-state index contributed by atoms with van der Waals surface area (Å²) in [6.07, 6.45) is 1.75. The lowest BCUT2D eigenvalue weighted by Crippen LogP contribution is -2.34. The van der Waals surface area contributed by atoms with Gasteiger partial charge in [-0.1, -0.05) is 26.8 Å². The smallest absolute Gasteiger partial charge is 0.201 e. The average molecular weight is 292 g/mol. The van der Waals surface area contributed by atoms with E-state index in [1.807, 2.05) is 20.8 Å². The second-order valence-corrected chi connectivity index (χ2v) is 6.56. The number of pyridine rings is 1. The van der Waals surface area contributed by atoms with E-state index in [0.29, 0.717) is 22.4 Å². The largest absolute Gasteiger partial charge is 0.212 e. The molecule has 1 heterocycles. The Bertz CT molecular complexity index is 879. The standard InChI is InChI=1S/C20H28N/c1-13-9-15(3)17(10-14(13)2)19-11-16(4)18(12-21(19)8)20(5,6)7/h9-12H,1-8H3/q+1/i1D3,2D3,4D3. The molecule has 0 aliphatic carbocycles. The van der Waals surface area contributed by atoms with Crippen LogP contribution >= 0.6 is 0 Å². The van der Waals surface area contributed by atoms with Crippen LogP contribution in [0, 0.1) is 27.5 Å². The van der Waals surface area contributed by atoms with E-state index < -0.39 is 26.0 Å². The van der Waals surface area contributed by atoms with E-state index in [2.05, 4.69) is 0 Å². The Balaban J connectivity index is 2.91. The third-order valence-corrected chi connectivity index (χ3v) is 3.72. The van der Waals surface area contributed by atoms with Crippen molar-refractivity contribution < 1.29 is 16.9 Å². The predicted molar refractivity (Wildman–Crippen MR) is 90.7 cm³/mol. The SMILES string of the molecule is [2H]C([2H])([2H])c1cc(C)c(-c2cc(C([2H])([2H])[2H])c(C(C)(C)C)c[n+]2C)cc1C([2H])([2H])[2H]. The summed E-state index contributed by atoms with van der Waals surface area (Å²) in [5, 5.41) is 0. The third kappa shape index (κ3) is 3.02. The molecule has 0 spiro atoms. The zero-order chi connectivity index (χ0) is 23.4. The average Bonchev–Trinajstić information content (AvgIpc) is 2.50. The highest BCUT2D eigenvalue weighted by Crippen LogP contribution is 2.29. The van der Waals surface area contributed by atoms with Crippen LogP contribution < -0.4 is 4.57 Å². The molecule has 0 atom stereocenters. The minimum atomic E-state index is -2.62. The summed E-state index contributed by atoms with van der Waals surface area (Å²) in [5.41, 5.74) is 1.54. The summed E-state index contributed by atoms with van der Waals surface area (Å²) in [6, 6.07) is 4.30. The molecule has 0 amide bonds. The van der Waals surface area contributed by atoms with Gasteiger partial charge in [0.2, 0.25) is 5.69 Å². The molecular formula is C20H28N+. The van der Waals surface area contributed by atoms with Crippen LogP contribution in [0.2, 0.25) is 0 Å². The third-order valence-electron chi connectivity index (χ3n) is 3.72. The van der Waals surface area contributed by atoms with Crippen LogP contribution in [0.25, 0.3) is 11.3 Å². The normalized spacial score (nSPS) is 20.0. The van der Waals surface area contributed by atoms with Crippen molar-refractivity contribution >= 4 is 0 Å². The quantitative estimate of drug-likeness (QED) is 0.670. The van der Waals surface area contributed by atoms with Crippen LogP contribution in [0.15, 0.2) is 24.4 Å². The maximum Gasteiger partial charge on any atom is 0.212 e. The van der Waals surface area contributed by atoms with Crippen molar-refractivity contribution in [3.05, 3.63) is 52.2 Å². The van der Waals surface area contributed by atoms with Crippen LogP contribution in [-0.4, -0.2) is 0 Å². The van der Waals surface area contributed by atoms with Gasteiger partial charge in [-0.2, -0.15) is 0 Å². The van der Waals surface area contributed by atoms with Crippen LogP contribution in [0.4, 0.5) is 0 Å². The van der Waals surface area contributed by atoms with Crippen molar-refractivity contribution in [2.24, 2.45) is 7.05 Å². The Hall–Kier alpha value is -1.63. The Morgan fingerprint density at radius 3 is 2.10 bits per heavy atom. The molecule has 1 aromatic heterocycles. The summed E-state index contributed by atoms with van der Waals surface area (Å²) in [4.78, 5) is 0. The van der Waals surface area contributed by atoms with E-state index in [9.17, 15) is 0 Å². The molecular weight excluding hydrogens is 254 g/mol. The molecule has 112 valence electrons. The molecule has 0 saturated heterocycles. The van der Waals surface area contributed by atoms with Gasteiger partial charge in [-0.25, -0.2) is 4.57 Å². The molecule has 1 aromatic carbocycles. The van der Waals surface area contributed by atoms with E-state index in [-0.39, 0.29) is 16.7 Å². The molecule has 1 heteroatoms. The van der Waals surface area contributed by atoms with Crippen LogP contribution in [0.1, 0.15) is 60.9 Å². The van der Waals surface area contributed by atoms with Gasteiger partial charge in [0.25, 0.3) is 0 Å². The van der Waals surface area contributed by atoms with Gasteiger partial charge in [0.1, 0.15) is 7.05 Å². The van der Waals surface area contributed by atoms with Crippen molar-refractivity contribution in [3.63, 3.8) is 0 Å². The van der Waals surface area contributed by atoms with Crippen molar-refractivity contribution in [2.75, 3.05) is 0 Å². The fourth-order valence-electron chi connectivity index (χ4n) is 2.50. The first-order valence-electron chi connectivity index (χ1n) is 11.4. The van der Waals surface area contributed by atoms with Crippen LogP contribution in [0.3, 0.4) is 0 Å². The number of aromatic nitrogens is 1. The lowest BCUT2D eigenvalue weighted by Gasteiger charge is -2.20. The number of aryl methyl sites for hydroxylation is 5. The van der Waals surface area contributed by atoms with E-state index >= 15 is 0 Å². The van der Waals surface area contributed by atoms with Crippen molar-refractivity contribution in [3.8, 4) is 11.3 Å². The monoisotopic (exact) mass is 291 g/mol. The van der Waals surface area contributed by atoms with Gasteiger partial charge in [0.05, 0.1) is 0 Å². The highest BCUT2D eigenvalue weighted by Gasteiger charge is 2.23. The fraction of sp³-hybridized carbons (Fsp3) is 0.450. The molecule has 2 rings (SSSR count). The van der Waals surface area contributed by atoms with Gasteiger partial charge in [-0.3, -0.25) is 0 Å². The Kier molecular flexibility index (Phi) is 1.91. The Morgan fingerprint density at radius 1 is 0.905 bits per heavy atom. The van der Waals surface area contributed by atoms with Gasteiger partial charge in [-0.15, -0.1) is 0 Å². The van der Waals surface area contributed by atoms with E-state index in [4.69, 9.17) is 12.3 Å².